The van der Waals surface area contributed by atoms with Gasteiger partial charge in [0.05, 0.1) is 0 Å². The van der Waals surface area contributed by atoms with Crippen molar-refractivity contribution in [2.45, 2.75) is 6.92 Å². The van der Waals surface area contributed by atoms with Gasteiger partial charge in [0.25, 0.3) is 0 Å². The molecule has 0 atom stereocenters. The molecule has 0 nitrogen and oxygen atoms in total. The van der Waals surface area contributed by atoms with Crippen molar-refractivity contribution in [1.29, 1.82) is 0 Å². The molecule has 0 aliphatic rings. The molecule has 0 heterocycles. The Hall–Kier alpha value is 0.150. The maximum atomic E-state index is 3.36. The monoisotopic (exact) mass is 142 g/mol. The summed E-state index contributed by atoms with van der Waals surface area (Å²) in [6.45, 7) is 5.25. The minimum absolute atomic E-state index is 0. The van der Waals surface area contributed by atoms with Crippen LogP contribution in [0.4, 0.5) is 4.70 Å². The highest BCUT2D eigenvalue weighted by Gasteiger charge is 1.15. The van der Waals surface area contributed by atoms with Crippen molar-refractivity contribution in [3.05, 3.63) is 12.7 Å². The molecule has 2 heteroatoms. The van der Waals surface area contributed by atoms with Gasteiger partial charge < -0.3 is 0 Å². The number of rotatable bonds is 0. The molecular formula is C3H8BrF. The lowest BCUT2D eigenvalue weighted by Crippen LogP contribution is -1.07. The molecule has 0 amide bonds. The maximum absolute atomic E-state index is 3.36. The molecule has 0 radical (unpaired) electrons. The van der Waals surface area contributed by atoms with Gasteiger partial charge in [0.1, 0.15) is 0 Å². The molecule has 0 unspecified atom stereocenters. The Bertz CT molecular complexity index is 14.4. The standard InChI is InChI=1S/C3H6.BrH.FH/c1-3-2;;/h3H,1H2,2H3;2*1H. The van der Waals surface area contributed by atoms with Gasteiger partial charge in [-0.15, -0.1) is 23.6 Å². The molecule has 0 spiro atoms. The van der Waals surface area contributed by atoms with Crippen LogP contribution >= 0.6 is 17.0 Å². The topological polar surface area (TPSA) is 0 Å². The third-order valence-corrected chi connectivity index (χ3v) is 0. The first-order valence-corrected chi connectivity index (χ1v) is 0.986. The van der Waals surface area contributed by atoms with Gasteiger partial charge in [-0.3, -0.25) is 4.70 Å². The third kappa shape index (κ3) is 853. The molecule has 0 aliphatic carbocycles. The minimum atomic E-state index is 0. The summed E-state index contributed by atoms with van der Waals surface area (Å²) in [7, 11) is 0. The van der Waals surface area contributed by atoms with E-state index in [-0.39, 0.29) is 21.7 Å². The Morgan fingerprint density at radius 3 is 1.60 bits per heavy atom. The summed E-state index contributed by atoms with van der Waals surface area (Å²) in [5.74, 6) is 0. The zero-order chi connectivity index (χ0) is 2.71. The van der Waals surface area contributed by atoms with Gasteiger partial charge in [0, 0.05) is 0 Å². The highest BCUT2D eigenvalue weighted by molar-refractivity contribution is 8.93. The van der Waals surface area contributed by atoms with Crippen LogP contribution in [0, 0.1) is 0 Å². The normalized spacial score (nSPS) is 2.60. The van der Waals surface area contributed by atoms with E-state index >= 15 is 0 Å². The van der Waals surface area contributed by atoms with Gasteiger partial charge in [0.15, 0.2) is 0 Å². The molecule has 0 aromatic heterocycles. The van der Waals surface area contributed by atoms with Crippen LogP contribution in [0.3, 0.4) is 0 Å². The molecule has 0 saturated carbocycles. The van der Waals surface area contributed by atoms with Gasteiger partial charge in [-0.05, 0) is 6.92 Å². The summed E-state index contributed by atoms with van der Waals surface area (Å²) in [6.07, 6.45) is 1.75. The van der Waals surface area contributed by atoms with E-state index in [9.17, 15) is 0 Å². The predicted molar refractivity (Wildman–Crippen MR) is 28.7 cm³/mol. The second-order valence-electron chi connectivity index (χ2n) is 0.408. The molecule has 5 heavy (non-hydrogen) atoms. The van der Waals surface area contributed by atoms with Crippen molar-refractivity contribution < 1.29 is 4.70 Å². The van der Waals surface area contributed by atoms with Crippen molar-refractivity contribution in [1.82, 2.24) is 0 Å². The van der Waals surface area contributed by atoms with Gasteiger partial charge in [-0.25, -0.2) is 0 Å². The SMILES string of the molecule is Br.C=CC.F. The lowest BCUT2D eigenvalue weighted by atomic mass is 10.8. The minimum Gasteiger partial charge on any atom is -0.269 e. The number of hydrogen-bond donors (Lipinski definition) is 0. The number of hydrogen-bond acceptors (Lipinski definition) is 0. The molecular weight excluding hydrogens is 135 g/mol. The molecule has 0 aromatic carbocycles. The van der Waals surface area contributed by atoms with Gasteiger partial charge >= 0.3 is 0 Å². The number of allylic oxidation sites excluding steroid dienone is 1. The van der Waals surface area contributed by atoms with Crippen molar-refractivity contribution in [2.75, 3.05) is 0 Å². The Morgan fingerprint density at radius 1 is 1.60 bits per heavy atom. The maximum Gasteiger partial charge on any atom is -0.0473 e. The first kappa shape index (κ1) is 19.2. The van der Waals surface area contributed by atoms with Crippen LogP contribution in [-0.2, 0) is 0 Å². The highest BCUT2D eigenvalue weighted by atomic mass is 79.9. The fourth-order valence-corrected chi connectivity index (χ4v) is 0. The van der Waals surface area contributed by atoms with Crippen molar-refractivity contribution in [3.8, 4) is 0 Å². The molecule has 34 valence electrons. The predicted octanol–water partition coefficient (Wildman–Crippen LogP) is 1.92. The van der Waals surface area contributed by atoms with Crippen molar-refractivity contribution >= 4 is 17.0 Å². The first-order chi connectivity index (χ1) is 1.41. The molecule has 0 fully saturated rings. The molecule has 0 aromatic rings. The zero-order valence-electron chi connectivity index (χ0n) is 3.10. The Kier molecular flexibility index (Phi) is 119. The van der Waals surface area contributed by atoms with Crippen LogP contribution in [0.25, 0.3) is 0 Å². The average molecular weight is 143 g/mol. The largest absolute Gasteiger partial charge is 0.269 e. The van der Waals surface area contributed by atoms with Crippen LogP contribution in [0.15, 0.2) is 12.7 Å². The summed E-state index contributed by atoms with van der Waals surface area (Å²) in [4.78, 5) is 0. The fraction of sp³-hybridized carbons (Fsp3) is 0.333. The fourth-order valence-electron chi connectivity index (χ4n) is 0. The summed E-state index contributed by atoms with van der Waals surface area (Å²) in [6, 6.07) is 0. The van der Waals surface area contributed by atoms with Crippen LogP contribution < -0.4 is 0 Å². The molecule has 0 rings (SSSR count). The summed E-state index contributed by atoms with van der Waals surface area (Å²) < 4.78 is 0. The molecule has 0 bridgehead atoms. The van der Waals surface area contributed by atoms with Crippen molar-refractivity contribution in [2.24, 2.45) is 0 Å². The quantitative estimate of drug-likeness (QED) is 0.454. The second-order valence-corrected chi connectivity index (χ2v) is 0.408. The van der Waals surface area contributed by atoms with Gasteiger partial charge in [0.2, 0.25) is 0 Å². The molecule has 0 N–H and O–H groups in total. The van der Waals surface area contributed by atoms with Crippen LogP contribution in [0.1, 0.15) is 6.92 Å². The van der Waals surface area contributed by atoms with E-state index in [0.717, 1.165) is 0 Å². The highest BCUT2D eigenvalue weighted by Crippen LogP contribution is 1.38. The van der Waals surface area contributed by atoms with E-state index in [1.165, 1.54) is 0 Å². The van der Waals surface area contributed by atoms with E-state index in [1.807, 2.05) is 6.92 Å². The summed E-state index contributed by atoms with van der Waals surface area (Å²) in [5.41, 5.74) is 0. The lowest BCUT2D eigenvalue weighted by Gasteiger charge is -1.31. The lowest BCUT2D eigenvalue weighted by molar-refractivity contribution is 1.11. The van der Waals surface area contributed by atoms with Crippen LogP contribution in [0.5, 0.6) is 0 Å². The Labute approximate surface area is 42.0 Å². The molecule has 0 aliphatic heterocycles. The smallest absolute Gasteiger partial charge is 0.0473 e. The summed E-state index contributed by atoms with van der Waals surface area (Å²) in [5, 5.41) is 0. The van der Waals surface area contributed by atoms with Crippen LogP contribution in [0.2, 0.25) is 0 Å². The summed E-state index contributed by atoms with van der Waals surface area (Å²) >= 11 is 0. The number of halogens is 2. The van der Waals surface area contributed by atoms with E-state index in [0.29, 0.717) is 0 Å². The van der Waals surface area contributed by atoms with E-state index in [4.69, 9.17) is 0 Å². The Morgan fingerprint density at radius 2 is 1.60 bits per heavy atom. The van der Waals surface area contributed by atoms with E-state index in [1.54, 1.807) is 6.08 Å². The third-order valence-electron chi connectivity index (χ3n) is 0. The molecule has 0 saturated heterocycles. The van der Waals surface area contributed by atoms with Crippen LogP contribution in [-0.4, -0.2) is 0 Å². The van der Waals surface area contributed by atoms with Gasteiger partial charge in [-0.2, -0.15) is 0 Å². The van der Waals surface area contributed by atoms with Gasteiger partial charge in [-0.1, -0.05) is 6.08 Å². The average Bonchev–Trinajstić information content (AvgIpc) is 0.918. The van der Waals surface area contributed by atoms with E-state index in [2.05, 4.69) is 6.58 Å². The second kappa shape index (κ2) is 31.1. The van der Waals surface area contributed by atoms with E-state index < -0.39 is 0 Å². The zero-order valence-corrected chi connectivity index (χ0v) is 4.81. The Balaban J connectivity index is -0.0000000200. The first-order valence-electron chi connectivity index (χ1n) is 0.986. The van der Waals surface area contributed by atoms with Crippen molar-refractivity contribution in [3.63, 3.8) is 0 Å².